The Morgan fingerprint density at radius 1 is 1.21 bits per heavy atom. The second kappa shape index (κ2) is 10.3. The van der Waals surface area contributed by atoms with E-state index >= 15 is 0 Å². The molecule has 1 unspecified atom stereocenters. The van der Waals surface area contributed by atoms with Crippen molar-refractivity contribution in [2.45, 2.75) is 46.1 Å². The SMILES string of the molecule is CCCC[N@+]1(c2cccc(C)c2C)CCN(C(Cc2ccc(C#N)cc2)c2cnc[nH]2)CC1=O. The second-order valence-corrected chi connectivity index (χ2v) is 9.39. The lowest BCUT2D eigenvalue weighted by atomic mass is 9.98. The largest absolute Gasteiger partial charge is 0.347 e. The number of imidazole rings is 1. The summed E-state index contributed by atoms with van der Waals surface area (Å²) >= 11 is 0. The lowest BCUT2D eigenvalue weighted by Crippen LogP contribution is -2.65. The number of benzene rings is 2. The minimum absolute atomic E-state index is 0.0198. The monoisotopic (exact) mass is 456 g/mol. The Morgan fingerprint density at radius 3 is 2.65 bits per heavy atom. The van der Waals surface area contributed by atoms with Crippen LogP contribution >= 0.6 is 0 Å². The quantitative estimate of drug-likeness (QED) is 0.493. The number of unbranched alkanes of at least 4 members (excludes halogenated alkanes) is 1. The first-order valence-corrected chi connectivity index (χ1v) is 12.2. The average Bonchev–Trinajstić information content (AvgIpc) is 3.39. The number of aromatic nitrogens is 2. The van der Waals surface area contributed by atoms with Gasteiger partial charge in [0.1, 0.15) is 18.8 Å². The van der Waals surface area contributed by atoms with Gasteiger partial charge in [-0.15, -0.1) is 0 Å². The summed E-state index contributed by atoms with van der Waals surface area (Å²) in [5.74, 6) is 0.262. The molecule has 1 amide bonds. The minimum Gasteiger partial charge on any atom is -0.347 e. The standard InChI is InChI=1S/C28H34N5O/c1-4-5-14-33(27-8-6-7-21(2)22(27)3)15-13-32(19-28(33)34)26(25-18-30-20-31-25)16-23-9-11-24(17-29)12-10-23/h6-12,18,20,26H,4-5,13-16,19H2,1-3H3,(H,30,31)/q+1/t26?,33-/m1/s1. The molecule has 34 heavy (non-hydrogen) atoms. The van der Waals surface area contributed by atoms with Crippen LogP contribution in [0.3, 0.4) is 0 Å². The first-order chi connectivity index (χ1) is 16.5. The highest BCUT2D eigenvalue weighted by Crippen LogP contribution is 2.35. The number of aryl methyl sites for hydroxylation is 1. The third-order valence-corrected chi connectivity index (χ3v) is 7.35. The van der Waals surface area contributed by atoms with E-state index in [2.05, 4.69) is 59.9 Å². The van der Waals surface area contributed by atoms with Crippen LogP contribution in [0.25, 0.3) is 0 Å². The van der Waals surface area contributed by atoms with Gasteiger partial charge >= 0.3 is 5.91 Å². The molecule has 1 fully saturated rings. The van der Waals surface area contributed by atoms with Gasteiger partial charge in [0.25, 0.3) is 0 Å². The van der Waals surface area contributed by atoms with Gasteiger partial charge in [-0.05, 0) is 56.0 Å². The highest BCUT2D eigenvalue weighted by Gasteiger charge is 2.45. The number of quaternary nitrogens is 1. The number of piperazine rings is 1. The van der Waals surface area contributed by atoms with Gasteiger partial charge in [0, 0.05) is 18.3 Å². The molecule has 0 bridgehead atoms. The van der Waals surface area contributed by atoms with Gasteiger partial charge in [-0.3, -0.25) is 4.90 Å². The number of hydrogen-bond acceptors (Lipinski definition) is 4. The molecule has 0 spiro atoms. The van der Waals surface area contributed by atoms with E-state index in [1.165, 1.54) is 11.1 Å². The molecule has 6 nitrogen and oxygen atoms in total. The Bertz CT molecular complexity index is 1160. The number of H-pyrrole nitrogens is 1. The molecule has 1 aliphatic heterocycles. The smallest absolute Gasteiger partial charge is 0.332 e. The van der Waals surface area contributed by atoms with Crippen molar-refractivity contribution in [3.05, 3.63) is 82.9 Å². The van der Waals surface area contributed by atoms with Gasteiger partial charge < -0.3 is 4.98 Å². The molecule has 1 aromatic heterocycles. The summed E-state index contributed by atoms with van der Waals surface area (Å²) < 4.78 is 0.435. The van der Waals surface area contributed by atoms with Crippen molar-refractivity contribution in [2.24, 2.45) is 0 Å². The van der Waals surface area contributed by atoms with Crippen molar-refractivity contribution >= 4 is 11.6 Å². The third kappa shape index (κ3) is 4.68. The van der Waals surface area contributed by atoms with Crippen molar-refractivity contribution in [1.82, 2.24) is 19.4 Å². The van der Waals surface area contributed by atoms with E-state index in [1.54, 1.807) is 6.33 Å². The average molecular weight is 457 g/mol. The van der Waals surface area contributed by atoms with E-state index < -0.39 is 0 Å². The molecule has 0 saturated carbocycles. The van der Waals surface area contributed by atoms with Crippen LogP contribution in [0.1, 0.15) is 53.8 Å². The zero-order valence-corrected chi connectivity index (χ0v) is 20.4. The van der Waals surface area contributed by atoms with Gasteiger partial charge in [0.15, 0.2) is 0 Å². The Hall–Kier alpha value is -3.27. The van der Waals surface area contributed by atoms with Crippen molar-refractivity contribution in [2.75, 3.05) is 26.2 Å². The van der Waals surface area contributed by atoms with E-state index in [4.69, 9.17) is 5.26 Å². The van der Waals surface area contributed by atoms with Crippen molar-refractivity contribution < 1.29 is 4.79 Å². The molecule has 1 saturated heterocycles. The summed E-state index contributed by atoms with van der Waals surface area (Å²) in [5.41, 5.74) is 6.42. The fourth-order valence-electron chi connectivity index (χ4n) is 5.14. The number of aromatic amines is 1. The summed E-state index contributed by atoms with van der Waals surface area (Å²) in [4.78, 5) is 23.8. The fourth-order valence-corrected chi connectivity index (χ4v) is 5.14. The van der Waals surface area contributed by atoms with E-state index in [0.717, 1.165) is 55.8 Å². The molecule has 1 aliphatic rings. The predicted octanol–water partition coefficient (Wildman–Crippen LogP) is 4.83. The van der Waals surface area contributed by atoms with Gasteiger partial charge in [0.2, 0.25) is 0 Å². The number of rotatable bonds is 8. The van der Waals surface area contributed by atoms with Gasteiger partial charge in [-0.1, -0.05) is 37.6 Å². The molecule has 4 rings (SSSR count). The third-order valence-electron chi connectivity index (χ3n) is 7.35. The first kappa shape index (κ1) is 23.9. The Kier molecular flexibility index (Phi) is 7.26. The van der Waals surface area contributed by atoms with E-state index in [1.807, 2.05) is 30.5 Å². The Morgan fingerprint density at radius 2 is 2.00 bits per heavy atom. The number of amides is 1. The number of nitrogens with zero attached hydrogens (tertiary/aromatic N) is 4. The van der Waals surface area contributed by atoms with Crippen LogP contribution in [0.2, 0.25) is 0 Å². The molecular weight excluding hydrogens is 422 g/mol. The van der Waals surface area contributed by atoms with E-state index in [9.17, 15) is 4.79 Å². The second-order valence-electron chi connectivity index (χ2n) is 9.39. The van der Waals surface area contributed by atoms with E-state index in [-0.39, 0.29) is 11.9 Å². The van der Waals surface area contributed by atoms with Crippen LogP contribution in [0.15, 0.2) is 55.0 Å². The van der Waals surface area contributed by atoms with Crippen molar-refractivity contribution in [3.8, 4) is 6.07 Å². The topological polar surface area (TPSA) is 72.8 Å². The summed E-state index contributed by atoms with van der Waals surface area (Å²) in [6, 6.07) is 16.3. The predicted molar refractivity (Wildman–Crippen MR) is 135 cm³/mol. The maximum atomic E-state index is 14.0. The highest BCUT2D eigenvalue weighted by atomic mass is 16.2. The molecule has 0 radical (unpaired) electrons. The molecule has 0 aliphatic carbocycles. The highest BCUT2D eigenvalue weighted by molar-refractivity contribution is 5.91. The molecule has 2 heterocycles. The Labute approximate surface area is 202 Å². The molecule has 176 valence electrons. The summed E-state index contributed by atoms with van der Waals surface area (Å²) in [6.07, 6.45) is 6.40. The minimum atomic E-state index is 0.0198. The molecule has 3 aromatic rings. The molecular formula is C28H34N5O+. The lowest BCUT2D eigenvalue weighted by molar-refractivity contribution is -0.136. The first-order valence-electron chi connectivity index (χ1n) is 12.2. The Balaban J connectivity index is 1.63. The van der Waals surface area contributed by atoms with Gasteiger partial charge in [-0.2, -0.15) is 5.26 Å². The summed E-state index contributed by atoms with van der Waals surface area (Å²) in [7, 11) is 0. The normalized spacial score (nSPS) is 19.6. The van der Waals surface area contributed by atoms with Crippen LogP contribution in [0, 0.1) is 25.2 Å². The van der Waals surface area contributed by atoms with Gasteiger partial charge in [-0.25, -0.2) is 14.3 Å². The maximum absolute atomic E-state index is 14.0. The number of carbonyl (C=O) groups excluding carboxylic acids is 1. The fraction of sp³-hybridized carbons (Fsp3) is 0.393. The van der Waals surface area contributed by atoms with E-state index in [0.29, 0.717) is 16.6 Å². The summed E-state index contributed by atoms with van der Waals surface area (Å²) in [5, 5.41) is 9.12. The van der Waals surface area contributed by atoms with Crippen LogP contribution < -0.4 is 4.48 Å². The molecule has 6 heteroatoms. The summed E-state index contributed by atoms with van der Waals surface area (Å²) in [6.45, 7) is 9.29. The number of nitrogens with one attached hydrogen (secondary N) is 1. The lowest BCUT2D eigenvalue weighted by Gasteiger charge is -2.44. The number of nitriles is 1. The molecule has 1 N–H and O–H groups in total. The van der Waals surface area contributed by atoms with Crippen LogP contribution in [-0.4, -0.2) is 47.0 Å². The number of hydrogen-bond donors (Lipinski definition) is 1. The van der Waals surface area contributed by atoms with Crippen LogP contribution in [-0.2, 0) is 11.2 Å². The van der Waals surface area contributed by atoms with Crippen LogP contribution in [0.5, 0.6) is 0 Å². The molecule has 2 aromatic carbocycles. The zero-order valence-electron chi connectivity index (χ0n) is 20.4. The van der Waals surface area contributed by atoms with Crippen molar-refractivity contribution in [3.63, 3.8) is 0 Å². The maximum Gasteiger partial charge on any atom is 0.332 e. The molecule has 2 atom stereocenters. The van der Waals surface area contributed by atoms with Crippen molar-refractivity contribution in [1.29, 1.82) is 5.26 Å². The van der Waals surface area contributed by atoms with Crippen LogP contribution in [0.4, 0.5) is 5.69 Å². The zero-order chi connectivity index (χ0) is 24.1. The number of carbonyl (C=O) groups is 1. The van der Waals surface area contributed by atoms with Gasteiger partial charge in [0.05, 0.1) is 36.2 Å².